The van der Waals surface area contributed by atoms with E-state index in [4.69, 9.17) is 4.74 Å². The van der Waals surface area contributed by atoms with Crippen LogP contribution in [0.5, 0.6) is 5.75 Å². The summed E-state index contributed by atoms with van der Waals surface area (Å²) in [5, 5.41) is 9.27. The molecule has 1 saturated carbocycles. The summed E-state index contributed by atoms with van der Waals surface area (Å²) in [6, 6.07) is 8.19. The standard InChI is InChI=1S/C17H25NO3/c1-3-18(15-8-9-15)17(20)12-21-16-10-6-14(7-11-16)5-4-13(2)19/h6-7,10-11,13,15,19H,3-5,8-9,12H2,1-2H3. The van der Waals surface area contributed by atoms with Crippen molar-refractivity contribution in [3.63, 3.8) is 0 Å². The molecule has 0 saturated heterocycles. The van der Waals surface area contributed by atoms with Crippen molar-refractivity contribution in [3.05, 3.63) is 29.8 Å². The lowest BCUT2D eigenvalue weighted by molar-refractivity contribution is -0.133. The van der Waals surface area contributed by atoms with E-state index in [0.29, 0.717) is 6.04 Å². The van der Waals surface area contributed by atoms with Crippen LogP contribution in [0.2, 0.25) is 0 Å². The second kappa shape index (κ2) is 7.46. The van der Waals surface area contributed by atoms with Gasteiger partial charge in [0.1, 0.15) is 5.75 Å². The number of rotatable bonds is 8. The van der Waals surface area contributed by atoms with Gasteiger partial charge in [-0.15, -0.1) is 0 Å². The summed E-state index contributed by atoms with van der Waals surface area (Å²) in [4.78, 5) is 13.9. The smallest absolute Gasteiger partial charge is 0.260 e. The third kappa shape index (κ3) is 5.05. The number of nitrogens with zero attached hydrogens (tertiary/aromatic N) is 1. The Morgan fingerprint density at radius 2 is 2.05 bits per heavy atom. The lowest BCUT2D eigenvalue weighted by Gasteiger charge is -2.20. The zero-order valence-electron chi connectivity index (χ0n) is 12.9. The van der Waals surface area contributed by atoms with Crippen molar-refractivity contribution in [2.24, 2.45) is 0 Å². The second-order valence-electron chi connectivity index (χ2n) is 5.73. The minimum Gasteiger partial charge on any atom is -0.484 e. The molecule has 4 nitrogen and oxygen atoms in total. The molecule has 1 aromatic rings. The van der Waals surface area contributed by atoms with Gasteiger partial charge in [-0.2, -0.15) is 0 Å². The fourth-order valence-corrected chi connectivity index (χ4v) is 2.38. The highest BCUT2D eigenvalue weighted by Gasteiger charge is 2.31. The van der Waals surface area contributed by atoms with Crippen molar-refractivity contribution in [1.82, 2.24) is 4.90 Å². The van der Waals surface area contributed by atoms with Crippen LogP contribution in [0.4, 0.5) is 0 Å². The predicted molar refractivity (Wildman–Crippen MR) is 82.3 cm³/mol. The maximum absolute atomic E-state index is 12.0. The quantitative estimate of drug-likeness (QED) is 0.800. The van der Waals surface area contributed by atoms with Gasteiger partial charge >= 0.3 is 0 Å². The van der Waals surface area contributed by atoms with E-state index < -0.39 is 0 Å². The van der Waals surface area contributed by atoms with Crippen molar-refractivity contribution in [3.8, 4) is 5.75 Å². The minimum absolute atomic E-state index is 0.0678. The van der Waals surface area contributed by atoms with Crippen molar-refractivity contribution in [2.45, 2.75) is 51.7 Å². The molecular formula is C17H25NO3. The Kier molecular flexibility index (Phi) is 5.62. The van der Waals surface area contributed by atoms with Crippen LogP contribution in [-0.2, 0) is 11.2 Å². The second-order valence-corrected chi connectivity index (χ2v) is 5.73. The third-order valence-corrected chi connectivity index (χ3v) is 3.79. The van der Waals surface area contributed by atoms with Crippen LogP contribution in [0, 0.1) is 0 Å². The fraction of sp³-hybridized carbons (Fsp3) is 0.588. The molecule has 4 heteroatoms. The molecule has 0 bridgehead atoms. The summed E-state index contributed by atoms with van der Waals surface area (Å²) in [5.74, 6) is 0.786. The molecule has 1 aliphatic carbocycles. The monoisotopic (exact) mass is 291 g/mol. The largest absolute Gasteiger partial charge is 0.484 e. The van der Waals surface area contributed by atoms with Gasteiger partial charge in [-0.25, -0.2) is 0 Å². The first kappa shape index (κ1) is 15.8. The van der Waals surface area contributed by atoms with Crippen LogP contribution >= 0.6 is 0 Å². The fourth-order valence-electron chi connectivity index (χ4n) is 2.38. The first-order valence-electron chi connectivity index (χ1n) is 7.79. The number of carbonyl (C=O) groups is 1. The Bertz CT molecular complexity index is 452. The van der Waals surface area contributed by atoms with E-state index in [-0.39, 0.29) is 18.6 Å². The normalized spacial score (nSPS) is 15.6. The van der Waals surface area contributed by atoms with Crippen LogP contribution in [0.25, 0.3) is 0 Å². The van der Waals surface area contributed by atoms with E-state index in [0.717, 1.165) is 38.0 Å². The Morgan fingerprint density at radius 3 is 2.57 bits per heavy atom. The molecule has 0 heterocycles. The average molecular weight is 291 g/mol. The number of amides is 1. The number of likely N-dealkylation sites (N-methyl/N-ethyl adjacent to an activating group) is 1. The molecule has 1 amide bonds. The van der Waals surface area contributed by atoms with Gasteiger partial charge in [-0.3, -0.25) is 4.79 Å². The summed E-state index contributed by atoms with van der Waals surface area (Å²) in [5.41, 5.74) is 1.17. The topological polar surface area (TPSA) is 49.8 Å². The van der Waals surface area contributed by atoms with Crippen molar-refractivity contribution >= 4 is 5.91 Å². The maximum atomic E-state index is 12.0. The molecule has 21 heavy (non-hydrogen) atoms. The highest BCUT2D eigenvalue weighted by molar-refractivity contribution is 5.78. The molecular weight excluding hydrogens is 266 g/mol. The van der Waals surface area contributed by atoms with E-state index >= 15 is 0 Å². The third-order valence-electron chi connectivity index (χ3n) is 3.79. The molecule has 1 N–H and O–H groups in total. The number of hydrogen-bond acceptors (Lipinski definition) is 3. The highest BCUT2D eigenvalue weighted by Crippen LogP contribution is 2.26. The molecule has 116 valence electrons. The summed E-state index contributed by atoms with van der Waals surface area (Å²) in [7, 11) is 0. The first-order valence-corrected chi connectivity index (χ1v) is 7.79. The first-order chi connectivity index (χ1) is 10.1. The van der Waals surface area contributed by atoms with E-state index in [1.54, 1.807) is 6.92 Å². The Labute approximate surface area is 126 Å². The van der Waals surface area contributed by atoms with Crippen LogP contribution in [0.15, 0.2) is 24.3 Å². The van der Waals surface area contributed by atoms with E-state index in [1.807, 2.05) is 36.1 Å². The van der Waals surface area contributed by atoms with Gasteiger partial charge in [0.15, 0.2) is 6.61 Å². The van der Waals surface area contributed by atoms with E-state index in [9.17, 15) is 9.90 Å². The lowest BCUT2D eigenvalue weighted by atomic mass is 10.1. The number of ether oxygens (including phenoxy) is 1. The molecule has 1 aliphatic rings. The zero-order chi connectivity index (χ0) is 15.2. The zero-order valence-corrected chi connectivity index (χ0v) is 12.9. The molecule has 0 aliphatic heterocycles. The molecule has 0 radical (unpaired) electrons. The summed E-state index contributed by atoms with van der Waals surface area (Å²) >= 11 is 0. The number of aryl methyl sites for hydroxylation is 1. The SMILES string of the molecule is CCN(C(=O)COc1ccc(CCC(C)O)cc1)C1CC1. The predicted octanol–water partition coefficient (Wildman–Crippen LogP) is 2.39. The van der Waals surface area contributed by atoms with Crippen LogP contribution in [0.3, 0.4) is 0 Å². The van der Waals surface area contributed by atoms with E-state index in [2.05, 4.69) is 0 Å². The highest BCUT2D eigenvalue weighted by atomic mass is 16.5. The van der Waals surface area contributed by atoms with Gasteiger partial charge in [0.25, 0.3) is 5.91 Å². The molecule has 1 atom stereocenters. The Hall–Kier alpha value is -1.55. The van der Waals surface area contributed by atoms with Crippen LogP contribution in [-0.4, -0.2) is 41.2 Å². The van der Waals surface area contributed by atoms with Gasteiger partial charge in [0.2, 0.25) is 0 Å². The van der Waals surface area contributed by atoms with Gasteiger partial charge in [-0.05, 0) is 57.2 Å². The van der Waals surface area contributed by atoms with Crippen LogP contribution < -0.4 is 4.74 Å². The molecule has 0 spiro atoms. The molecule has 0 aromatic heterocycles. The Balaban J connectivity index is 1.78. The minimum atomic E-state index is -0.277. The van der Waals surface area contributed by atoms with Gasteiger partial charge in [-0.1, -0.05) is 12.1 Å². The van der Waals surface area contributed by atoms with Gasteiger partial charge < -0.3 is 14.7 Å². The van der Waals surface area contributed by atoms with Crippen molar-refractivity contribution < 1.29 is 14.6 Å². The maximum Gasteiger partial charge on any atom is 0.260 e. The summed E-state index contributed by atoms with van der Waals surface area (Å²) in [6.07, 6.45) is 3.57. The van der Waals surface area contributed by atoms with Gasteiger partial charge in [0.05, 0.1) is 6.10 Å². The van der Waals surface area contributed by atoms with Crippen LogP contribution in [0.1, 0.15) is 38.7 Å². The number of benzene rings is 1. The number of aliphatic hydroxyl groups excluding tert-OH is 1. The lowest BCUT2D eigenvalue weighted by Crippen LogP contribution is -2.36. The number of carbonyl (C=O) groups excluding carboxylic acids is 1. The number of hydrogen-bond donors (Lipinski definition) is 1. The number of aliphatic hydroxyl groups is 1. The van der Waals surface area contributed by atoms with Gasteiger partial charge in [0, 0.05) is 12.6 Å². The average Bonchev–Trinajstić information content (AvgIpc) is 3.29. The van der Waals surface area contributed by atoms with Crippen molar-refractivity contribution in [2.75, 3.05) is 13.2 Å². The molecule has 1 fully saturated rings. The summed E-state index contributed by atoms with van der Waals surface area (Å²) in [6.45, 7) is 4.66. The molecule has 2 rings (SSSR count). The Morgan fingerprint density at radius 1 is 1.38 bits per heavy atom. The molecule has 1 unspecified atom stereocenters. The molecule has 1 aromatic carbocycles. The van der Waals surface area contributed by atoms with Crippen molar-refractivity contribution in [1.29, 1.82) is 0 Å². The summed E-state index contributed by atoms with van der Waals surface area (Å²) < 4.78 is 5.57. The van der Waals surface area contributed by atoms with E-state index in [1.165, 1.54) is 5.56 Å².